The normalized spacial score (nSPS) is 9.89. The van der Waals surface area contributed by atoms with Gasteiger partial charge in [0.25, 0.3) is 0 Å². The second-order valence-corrected chi connectivity index (χ2v) is 3.16. The molecule has 2 aromatic rings. The summed E-state index contributed by atoms with van der Waals surface area (Å²) in [5, 5.41) is 9.57. The van der Waals surface area contributed by atoms with Crippen LogP contribution in [0.15, 0.2) is 24.3 Å². The second-order valence-electron chi connectivity index (χ2n) is 3.16. The van der Waals surface area contributed by atoms with E-state index in [0.717, 1.165) is 0 Å². The Morgan fingerprint density at radius 3 is 2.00 bits per heavy atom. The summed E-state index contributed by atoms with van der Waals surface area (Å²) in [7, 11) is 2.83. The molecule has 2 rings (SSSR count). The van der Waals surface area contributed by atoms with Crippen LogP contribution in [0.2, 0.25) is 0 Å². The van der Waals surface area contributed by atoms with Gasteiger partial charge < -0.3 is 19.3 Å². The highest BCUT2D eigenvalue weighted by Crippen LogP contribution is 2.29. The second kappa shape index (κ2) is 5.17. The molecule has 1 N–H and O–H groups in total. The van der Waals surface area contributed by atoms with Crippen LogP contribution in [-0.4, -0.2) is 34.3 Å². The lowest BCUT2D eigenvalue weighted by Gasteiger charge is -2.07. The zero-order valence-electron chi connectivity index (χ0n) is 9.82. The molecule has 0 radical (unpaired) electrons. The van der Waals surface area contributed by atoms with Crippen molar-refractivity contribution in [2.45, 2.75) is 0 Å². The highest BCUT2D eigenvalue weighted by Gasteiger charge is 2.10. The van der Waals surface area contributed by atoms with Gasteiger partial charge in [0.15, 0.2) is 11.5 Å². The van der Waals surface area contributed by atoms with Crippen LogP contribution in [0.25, 0.3) is 0 Å². The molecule has 1 aromatic heterocycles. The van der Waals surface area contributed by atoms with E-state index in [1.807, 2.05) is 0 Å². The Bertz CT molecular complexity index is 525. The molecule has 0 spiro atoms. The number of benzene rings is 1. The summed E-state index contributed by atoms with van der Waals surface area (Å²) < 4.78 is 15.1. The van der Waals surface area contributed by atoms with Crippen molar-refractivity contribution in [3.05, 3.63) is 24.3 Å². The average Bonchev–Trinajstić information content (AvgIpc) is 2.41. The fourth-order valence-electron chi connectivity index (χ4n) is 1.19. The lowest BCUT2D eigenvalue weighted by molar-refractivity contribution is 0.316. The Morgan fingerprint density at radius 1 is 0.889 bits per heavy atom. The fourth-order valence-corrected chi connectivity index (χ4v) is 1.19. The van der Waals surface area contributed by atoms with Gasteiger partial charge in [-0.3, -0.25) is 0 Å². The number of para-hydroxylation sites is 2. The third-order valence-corrected chi connectivity index (χ3v) is 2.01. The number of hydrogen-bond acceptors (Lipinski definition) is 7. The van der Waals surface area contributed by atoms with Crippen molar-refractivity contribution in [3.63, 3.8) is 0 Å². The molecule has 0 aliphatic carbocycles. The number of ether oxygens (including phenoxy) is 3. The Hall–Kier alpha value is -2.57. The van der Waals surface area contributed by atoms with Gasteiger partial charge in [-0.1, -0.05) is 12.1 Å². The molecule has 7 nitrogen and oxygen atoms in total. The van der Waals surface area contributed by atoms with Crippen LogP contribution in [0.5, 0.6) is 29.5 Å². The quantitative estimate of drug-likeness (QED) is 0.875. The van der Waals surface area contributed by atoms with Gasteiger partial charge in [0.2, 0.25) is 0 Å². The van der Waals surface area contributed by atoms with Crippen LogP contribution in [0, 0.1) is 0 Å². The van der Waals surface area contributed by atoms with Crippen LogP contribution >= 0.6 is 0 Å². The minimum atomic E-state index is -0.0276. The third kappa shape index (κ3) is 2.57. The molecule has 18 heavy (non-hydrogen) atoms. The van der Waals surface area contributed by atoms with Crippen LogP contribution < -0.4 is 14.2 Å². The molecule has 7 heteroatoms. The standard InChI is InChI=1S/C11H11N3O4/c1-16-9-12-10(17-2)14-11(13-9)18-8-6-4-3-5-7(8)15/h3-6,15H,1-2H3. The number of aromatic nitrogens is 3. The number of phenols is 1. The molecule has 0 bridgehead atoms. The lowest BCUT2D eigenvalue weighted by Crippen LogP contribution is -2.01. The molecule has 0 amide bonds. The largest absolute Gasteiger partial charge is 0.504 e. The van der Waals surface area contributed by atoms with Gasteiger partial charge in [0.1, 0.15) is 0 Å². The zero-order valence-corrected chi connectivity index (χ0v) is 9.82. The summed E-state index contributed by atoms with van der Waals surface area (Å²) in [6.45, 7) is 0. The van der Waals surface area contributed by atoms with E-state index in [1.165, 1.54) is 20.3 Å². The van der Waals surface area contributed by atoms with E-state index in [4.69, 9.17) is 14.2 Å². The molecule has 0 unspecified atom stereocenters. The maximum atomic E-state index is 9.57. The van der Waals surface area contributed by atoms with Gasteiger partial charge in [-0.25, -0.2) is 0 Å². The summed E-state index contributed by atoms with van der Waals surface area (Å²) in [6, 6.07) is 6.56. The van der Waals surface area contributed by atoms with Crippen molar-refractivity contribution in [1.82, 2.24) is 15.0 Å². The molecule has 0 fully saturated rings. The third-order valence-electron chi connectivity index (χ3n) is 2.01. The minimum absolute atomic E-state index is 0.0177. The van der Waals surface area contributed by atoms with E-state index >= 15 is 0 Å². The predicted octanol–water partition coefficient (Wildman–Crippen LogP) is 1.39. The first-order chi connectivity index (χ1) is 8.72. The summed E-state index contributed by atoms with van der Waals surface area (Å²) in [5.41, 5.74) is 0. The summed E-state index contributed by atoms with van der Waals surface area (Å²) >= 11 is 0. The van der Waals surface area contributed by atoms with Crippen molar-refractivity contribution >= 4 is 0 Å². The molecule has 94 valence electrons. The Labute approximate surface area is 103 Å². The number of nitrogens with zero attached hydrogens (tertiary/aromatic N) is 3. The van der Waals surface area contributed by atoms with Gasteiger partial charge in [-0.2, -0.15) is 0 Å². The van der Waals surface area contributed by atoms with Crippen molar-refractivity contribution < 1.29 is 19.3 Å². The van der Waals surface area contributed by atoms with E-state index in [0.29, 0.717) is 0 Å². The number of phenolic OH excluding ortho intramolecular Hbond substituents is 1. The van der Waals surface area contributed by atoms with Gasteiger partial charge in [-0.05, 0) is 12.1 Å². The highest BCUT2D eigenvalue weighted by atomic mass is 16.5. The topological polar surface area (TPSA) is 86.6 Å². The van der Waals surface area contributed by atoms with Crippen molar-refractivity contribution in [3.8, 4) is 29.5 Å². The SMILES string of the molecule is COc1nc(OC)nc(Oc2ccccc2O)n1. The van der Waals surface area contributed by atoms with Gasteiger partial charge >= 0.3 is 18.0 Å². The molecular weight excluding hydrogens is 238 g/mol. The van der Waals surface area contributed by atoms with Crippen molar-refractivity contribution in [1.29, 1.82) is 0 Å². The van der Waals surface area contributed by atoms with E-state index < -0.39 is 0 Å². The highest BCUT2D eigenvalue weighted by molar-refractivity contribution is 5.39. The van der Waals surface area contributed by atoms with E-state index in [9.17, 15) is 5.11 Å². The molecular formula is C11H11N3O4. The van der Waals surface area contributed by atoms with Crippen LogP contribution in [-0.2, 0) is 0 Å². The number of hydrogen-bond donors (Lipinski definition) is 1. The Balaban J connectivity index is 2.31. The van der Waals surface area contributed by atoms with Gasteiger partial charge in [0.05, 0.1) is 14.2 Å². The minimum Gasteiger partial charge on any atom is -0.504 e. The lowest BCUT2D eigenvalue weighted by atomic mass is 10.3. The molecule has 0 saturated heterocycles. The summed E-state index contributed by atoms with van der Waals surface area (Å²) in [6.07, 6.45) is 0. The first-order valence-corrected chi connectivity index (χ1v) is 5.03. The first kappa shape index (κ1) is 11.9. The van der Waals surface area contributed by atoms with Crippen LogP contribution in [0.4, 0.5) is 0 Å². The molecule has 0 aliphatic rings. The number of methoxy groups -OCH3 is 2. The maximum absolute atomic E-state index is 9.57. The molecule has 1 heterocycles. The molecule has 0 atom stereocenters. The smallest absolute Gasteiger partial charge is 0.331 e. The van der Waals surface area contributed by atoms with Gasteiger partial charge in [-0.15, -0.1) is 15.0 Å². The van der Waals surface area contributed by atoms with Crippen molar-refractivity contribution in [2.24, 2.45) is 0 Å². The maximum Gasteiger partial charge on any atom is 0.331 e. The Kier molecular flexibility index (Phi) is 3.42. The predicted molar refractivity (Wildman–Crippen MR) is 61.1 cm³/mol. The number of aromatic hydroxyl groups is 1. The van der Waals surface area contributed by atoms with Gasteiger partial charge in [0, 0.05) is 0 Å². The molecule has 1 aromatic carbocycles. The van der Waals surface area contributed by atoms with Crippen LogP contribution in [0.1, 0.15) is 0 Å². The van der Waals surface area contributed by atoms with Crippen LogP contribution in [0.3, 0.4) is 0 Å². The monoisotopic (exact) mass is 249 g/mol. The number of rotatable bonds is 4. The van der Waals surface area contributed by atoms with Crippen molar-refractivity contribution in [2.75, 3.05) is 14.2 Å². The molecule has 0 saturated carbocycles. The fraction of sp³-hybridized carbons (Fsp3) is 0.182. The average molecular weight is 249 g/mol. The summed E-state index contributed by atoms with van der Waals surface area (Å²) in [4.78, 5) is 11.6. The van der Waals surface area contributed by atoms with E-state index in [-0.39, 0.29) is 29.5 Å². The van der Waals surface area contributed by atoms with E-state index in [1.54, 1.807) is 18.2 Å². The zero-order chi connectivity index (χ0) is 13.0. The first-order valence-electron chi connectivity index (χ1n) is 5.03. The van der Waals surface area contributed by atoms with E-state index in [2.05, 4.69) is 15.0 Å². The Morgan fingerprint density at radius 2 is 1.44 bits per heavy atom. The molecule has 0 aliphatic heterocycles. The summed E-state index contributed by atoms with van der Waals surface area (Å²) in [5.74, 6) is 0.212.